The smallest absolute Gasteiger partial charge is 0.348 e. The summed E-state index contributed by atoms with van der Waals surface area (Å²) in [5, 5.41) is 1.45. The number of halogens is 2. The quantitative estimate of drug-likeness (QED) is 0.399. The number of hydrogen-bond donors (Lipinski definition) is 1. The monoisotopic (exact) mass is 400 g/mol. The van der Waals surface area contributed by atoms with Crippen molar-refractivity contribution in [3.05, 3.63) is 54.4 Å². The van der Waals surface area contributed by atoms with Crippen LogP contribution in [0, 0.1) is 0 Å². The van der Waals surface area contributed by atoms with Crippen LogP contribution in [0.3, 0.4) is 0 Å². The molecule has 0 radical (unpaired) electrons. The highest BCUT2D eigenvalue weighted by Gasteiger charge is 2.14. The Kier molecular flexibility index (Phi) is 5.15. The van der Waals surface area contributed by atoms with Gasteiger partial charge in [-0.15, -0.1) is 11.3 Å². The Morgan fingerprint density at radius 1 is 1.38 bits per heavy atom. The molecule has 3 aromatic rings. The predicted molar refractivity (Wildman–Crippen MR) is 97.6 cm³/mol. The lowest BCUT2D eigenvalue weighted by Gasteiger charge is -2.03. The summed E-state index contributed by atoms with van der Waals surface area (Å²) in [5.74, 6) is 0.0338. The molecule has 2 aromatic heterocycles. The van der Waals surface area contributed by atoms with Gasteiger partial charge in [-0.2, -0.15) is 0 Å². The minimum Gasteiger partial charge on any atom is -0.465 e. The van der Waals surface area contributed by atoms with E-state index in [9.17, 15) is 9.59 Å². The van der Waals surface area contributed by atoms with Crippen LogP contribution in [0.25, 0.3) is 10.9 Å². The first-order valence-electron chi connectivity index (χ1n) is 6.67. The minimum atomic E-state index is -0.426. The number of aromatic amines is 1. The number of fused-ring (bicyclic) bond motifs is 1. The lowest BCUT2D eigenvalue weighted by atomic mass is 10.2. The van der Waals surface area contributed by atoms with E-state index in [0.717, 1.165) is 16.9 Å². The number of nitrogens with zero attached hydrogens (tertiary/aromatic N) is 1. The second-order valence-electron chi connectivity index (χ2n) is 4.72. The van der Waals surface area contributed by atoms with E-state index < -0.39 is 5.97 Å². The van der Waals surface area contributed by atoms with Crippen molar-refractivity contribution in [2.75, 3.05) is 7.11 Å². The molecule has 1 aromatic carbocycles. The van der Waals surface area contributed by atoms with Crippen LogP contribution in [0.4, 0.5) is 0 Å². The zero-order valence-corrected chi connectivity index (χ0v) is 15.4. The number of benzene rings is 1. The summed E-state index contributed by atoms with van der Waals surface area (Å²) in [4.78, 5) is 31.2. The number of carbonyl (C=O) groups excluding carboxylic acids is 1. The summed E-state index contributed by atoms with van der Waals surface area (Å²) in [6, 6.07) is 6.61. The summed E-state index contributed by atoms with van der Waals surface area (Å²) in [5.41, 5.74) is 1.08. The van der Waals surface area contributed by atoms with Gasteiger partial charge in [-0.3, -0.25) is 4.79 Å². The topological polar surface area (TPSA) is 72.0 Å². The zero-order chi connectivity index (χ0) is 17.3. The van der Waals surface area contributed by atoms with E-state index in [1.807, 2.05) is 0 Å². The third-order valence-corrected chi connectivity index (χ3v) is 5.73. The van der Waals surface area contributed by atoms with Crippen LogP contribution in [-0.4, -0.2) is 23.0 Å². The van der Waals surface area contributed by atoms with Crippen LogP contribution < -0.4 is 5.56 Å². The molecule has 0 atom stereocenters. The number of esters is 1. The van der Waals surface area contributed by atoms with E-state index in [2.05, 4.69) is 14.7 Å². The number of thioether (sulfide) groups is 1. The molecular formula is C15H10Cl2N2O3S2. The molecule has 0 bridgehead atoms. The van der Waals surface area contributed by atoms with Gasteiger partial charge in [0, 0.05) is 10.8 Å². The molecule has 0 saturated carbocycles. The Morgan fingerprint density at radius 3 is 2.92 bits per heavy atom. The van der Waals surface area contributed by atoms with Gasteiger partial charge in [0.15, 0.2) is 5.16 Å². The molecule has 24 heavy (non-hydrogen) atoms. The van der Waals surface area contributed by atoms with Crippen molar-refractivity contribution in [2.45, 2.75) is 10.9 Å². The van der Waals surface area contributed by atoms with Gasteiger partial charge in [0.2, 0.25) is 0 Å². The number of H-pyrrole nitrogens is 1. The highest BCUT2D eigenvalue weighted by molar-refractivity contribution is 7.98. The maximum Gasteiger partial charge on any atom is 0.348 e. The Bertz CT molecular complexity index is 984. The van der Waals surface area contributed by atoms with Crippen LogP contribution >= 0.6 is 46.3 Å². The predicted octanol–water partition coefficient (Wildman–Crippen LogP) is 4.37. The molecule has 3 rings (SSSR count). The van der Waals surface area contributed by atoms with E-state index in [1.165, 1.54) is 18.9 Å². The van der Waals surface area contributed by atoms with Gasteiger partial charge in [0.1, 0.15) is 4.88 Å². The Hall–Kier alpha value is -1.54. The highest BCUT2D eigenvalue weighted by Crippen LogP contribution is 2.32. The van der Waals surface area contributed by atoms with Gasteiger partial charge in [0.05, 0.1) is 22.3 Å². The number of carbonyl (C=O) groups is 1. The number of ether oxygens (including phenoxy) is 1. The molecule has 0 fully saturated rings. The molecule has 0 amide bonds. The fourth-order valence-corrected chi connectivity index (χ4v) is 4.39. The van der Waals surface area contributed by atoms with Gasteiger partial charge in [-0.25, -0.2) is 9.78 Å². The Balaban J connectivity index is 1.84. The van der Waals surface area contributed by atoms with Crippen molar-refractivity contribution in [1.82, 2.24) is 9.97 Å². The van der Waals surface area contributed by atoms with Crippen LogP contribution in [0.1, 0.15) is 15.2 Å². The number of nitrogens with one attached hydrogen (secondary N) is 1. The molecule has 0 aliphatic heterocycles. The molecule has 0 unspecified atom stereocenters. The minimum absolute atomic E-state index is 0.231. The SMILES string of the molecule is COC(=O)c1cc(CSc2nc3cc(Cl)ccc3c(=O)[nH]2)c(Cl)s1. The van der Waals surface area contributed by atoms with Crippen molar-refractivity contribution in [3.63, 3.8) is 0 Å². The fraction of sp³-hybridized carbons (Fsp3) is 0.133. The van der Waals surface area contributed by atoms with Gasteiger partial charge in [0.25, 0.3) is 5.56 Å². The van der Waals surface area contributed by atoms with E-state index >= 15 is 0 Å². The standard InChI is InChI=1S/C15H10Cl2N2O3S2/c1-22-14(21)11-4-7(12(17)24-11)6-23-15-18-10-5-8(16)2-3-9(10)13(20)19-15/h2-5H,6H2,1H3,(H,18,19,20). The van der Waals surface area contributed by atoms with Gasteiger partial charge < -0.3 is 9.72 Å². The summed E-state index contributed by atoms with van der Waals surface area (Å²) >= 11 is 14.6. The summed E-state index contributed by atoms with van der Waals surface area (Å²) in [6.07, 6.45) is 0. The third kappa shape index (κ3) is 3.59. The Morgan fingerprint density at radius 2 is 2.17 bits per heavy atom. The second-order valence-corrected chi connectivity index (χ2v) is 7.78. The van der Waals surface area contributed by atoms with Crippen molar-refractivity contribution >= 4 is 63.2 Å². The van der Waals surface area contributed by atoms with Crippen LogP contribution in [-0.2, 0) is 10.5 Å². The lowest BCUT2D eigenvalue weighted by Crippen LogP contribution is -2.09. The highest BCUT2D eigenvalue weighted by atomic mass is 35.5. The normalized spacial score (nSPS) is 11.0. The van der Waals surface area contributed by atoms with E-state index in [0.29, 0.717) is 36.0 Å². The second kappa shape index (κ2) is 7.14. The van der Waals surface area contributed by atoms with E-state index in [4.69, 9.17) is 23.2 Å². The van der Waals surface area contributed by atoms with Gasteiger partial charge >= 0.3 is 5.97 Å². The molecule has 5 nitrogen and oxygen atoms in total. The van der Waals surface area contributed by atoms with Gasteiger partial charge in [-0.1, -0.05) is 35.0 Å². The van der Waals surface area contributed by atoms with Gasteiger partial charge in [-0.05, 0) is 29.8 Å². The van der Waals surface area contributed by atoms with Crippen molar-refractivity contribution in [2.24, 2.45) is 0 Å². The Labute approximate surface area is 155 Å². The molecule has 0 saturated heterocycles. The first-order chi connectivity index (χ1) is 11.5. The summed E-state index contributed by atoms with van der Waals surface area (Å²) in [7, 11) is 1.32. The molecular weight excluding hydrogens is 391 g/mol. The van der Waals surface area contributed by atoms with Crippen LogP contribution in [0.15, 0.2) is 34.2 Å². The molecule has 124 valence electrons. The van der Waals surface area contributed by atoms with Crippen molar-refractivity contribution < 1.29 is 9.53 Å². The number of hydrogen-bond acceptors (Lipinski definition) is 6. The van der Waals surface area contributed by atoms with Crippen molar-refractivity contribution in [3.8, 4) is 0 Å². The zero-order valence-electron chi connectivity index (χ0n) is 12.3. The molecule has 9 heteroatoms. The molecule has 0 aliphatic rings. The largest absolute Gasteiger partial charge is 0.465 e. The number of methoxy groups -OCH3 is 1. The molecule has 0 aliphatic carbocycles. The average Bonchev–Trinajstić information content (AvgIpc) is 2.92. The first-order valence-corrected chi connectivity index (χ1v) is 9.22. The van der Waals surface area contributed by atoms with E-state index in [-0.39, 0.29) is 5.56 Å². The van der Waals surface area contributed by atoms with Crippen LogP contribution in [0.2, 0.25) is 9.36 Å². The first kappa shape index (κ1) is 17.3. The molecule has 1 N–H and O–H groups in total. The average molecular weight is 401 g/mol. The third-order valence-electron chi connectivity index (χ3n) is 3.16. The number of aromatic nitrogens is 2. The van der Waals surface area contributed by atoms with E-state index in [1.54, 1.807) is 24.3 Å². The van der Waals surface area contributed by atoms with Crippen LogP contribution in [0.5, 0.6) is 0 Å². The number of rotatable bonds is 4. The summed E-state index contributed by atoms with van der Waals surface area (Å²) < 4.78 is 5.18. The number of thiophene rings is 1. The maximum absolute atomic E-state index is 12.1. The molecule has 0 spiro atoms. The lowest BCUT2D eigenvalue weighted by molar-refractivity contribution is 0.0606. The summed E-state index contributed by atoms with van der Waals surface area (Å²) in [6.45, 7) is 0. The fourth-order valence-electron chi connectivity index (χ4n) is 2.01. The molecule has 2 heterocycles. The maximum atomic E-state index is 12.1. The van der Waals surface area contributed by atoms with Crippen molar-refractivity contribution in [1.29, 1.82) is 0 Å².